The molecule has 1 unspecified atom stereocenters. The number of aryl methyl sites for hydroxylation is 1. The van der Waals surface area contributed by atoms with Crippen LogP contribution in [-0.4, -0.2) is 38.2 Å². The van der Waals surface area contributed by atoms with E-state index in [4.69, 9.17) is 11.6 Å². The molecule has 0 aromatic heterocycles. The van der Waals surface area contributed by atoms with Crippen LogP contribution >= 0.6 is 23.4 Å². The first-order valence-electron chi connectivity index (χ1n) is 8.19. The first-order valence-corrected chi connectivity index (χ1v) is 9.79. The molecule has 26 heavy (non-hydrogen) atoms. The minimum Gasteiger partial charge on any atom is -0.322 e. The van der Waals surface area contributed by atoms with Crippen molar-refractivity contribution in [3.05, 3.63) is 53.1 Å². The third kappa shape index (κ3) is 6.05. The van der Waals surface area contributed by atoms with E-state index in [2.05, 4.69) is 10.6 Å². The van der Waals surface area contributed by atoms with Gasteiger partial charge in [-0.3, -0.25) is 9.59 Å². The van der Waals surface area contributed by atoms with E-state index in [-0.39, 0.29) is 24.9 Å². The number of quaternary nitrogens is 1. The number of hydrogen-bond acceptors (Lipinski definition) is 3. The highest BCUT2D eigenvalue weighted by molar-refractivity contribution is 7.98. The summed E-state index contributed by atoms with van der Waals surface area (Å²) in [6.07, 6.45) is 1.96. The zero-order valence-corrected chi connectivity index (χ0v) is 16.6. The fourth-order valence-electron chi connectivity index (χ4n) is 2.51. The number of benzene rings is 2. The molecule has 0 spiro atoms. The maximum atomic E-state index is 12.2. The molecule has 7 heteroatoms. The van der Waals surface area contributed by atoms with Gasteiger partial charge < -0.3 is 15.5 Å². The van der Waals surface area contributed by atoms with Crippen LogP contribution in [-0.2, 0) is 9.59 Å². The summed E-state index contributed by atoms with van der Waals surface area (Å²) in [7, 11) is 1.81. The normalized spacial score (nSPS) is 11.7. The Morgan fingerprint density at radius 1 is 1.04 bits per heavy atom. The monoisotopic (exact) mass is 392 g/mol. The molecular weight excluding hydrogens is 370 g/mol. The maximum absolute atomic E-state index is 12.2. The minimum atomic E-state index is -0.148. The average molecular weight is 393 g/mol. The lowest BCUT2D eigenvalue weighted by Gasteiger charge is -2.15. The van der Waals surface area contributed by atoms with Crippen LogP contribution in [0.15, 0.2) is 47.4 Å². The van der Waals surface area contributed by atoms with Gasteiger partial charge >= 0.3 is 0 Å². The molecule has 5 nitrogen and oxygen atoms in total. The van der Waals surface area contributed by atoms with Crippen molar-refractivity contribution in [2.45, 2.75) is 11.8 Å². The minimum absolute atomic E-state index is 0.125. The topological polar surface area (TPSA) is 62.6 Å². The number of rotatable bonds is 7. The van der Waals surface area contributed by atoms with Crippen LogP contribution in [0.1, 0.15) is 5.56 Å². The van der Waals surface area contributed by atoms with Crippen LogP contribution in [0.25, 0.3) is 0 Å². The number of carbonyl (C=O) groups excluding carboxylic acids is 2. The molecule has 0 aliphatic heterocycles. The molecule has 1 atom stereocenters. The van der Waals surface area contributed by atoms with Gasteiger partial charge in [0.1, 0.15) is 0 Å². The molecule has 0 radical (unpaired) electrons. The molecule has 0 fully saturated rings. The predicted molar refractivity (Wildman–Crippen MR) is 108 cm³/mol. The van der Waals surface area contributed by atoms with Crippen molar-refractivity contribution in [3.8, 4) is 0 Å². The van der Waals surface area contributed by atoms with Crippen LogP contribution in [0.2, 0.25) is 5.02 Å². The lowest BCUT2D eigenvalue weighted by molar-refractivity contribution is -0.862. The molecule has 2 rings (SSSR count). The molecule has 2 aromatic carbocycles. The summed E-state index contributed by atoms with van der Waals surface area (Å²) < 4.78 is 0. The van der Waals surface area contributed by atoms with Crippen molar-refractivity contribution in [3.63, 3.8) is 0 Å². The van der Waals surface area contributed by atoms with E-state index >= 15 is 0 Å². The standard InChI is InChI=1S/C19H22ClN3O2S/c1-13-10-14(20)8-9-15(13)21-18(24)11-23(2)12-19(25)22-16-6-4-5-7-17(16)26-3/h4-10H,11-12H2,1-3H3,(H,21,24)(H,22,25)/p+1. The van der Waals surface area contributed by atoms with Gasteiger partial charge in [-0.05, 0) is 49.1 Å². The highest BCUT2D eigenvalue weighted by atomic mass is 35.5. The fourth-order valence-corrected chi connectivity index (χ4v) is 3.30. The van der Waals surface area contributed by atoms with E-state index < -0.39 is 0 Å². The van der Waals surface area contributed by atoms with Crippen LogP contribution in [0.4, 0.5) is 11.4 Å². The van der Waals surface area contributed by atoms with Gasteiger partial charge in [-0.1, -0.05) is 23.7 Å². The van der Waals surface area contributed by atoms with Crippen LogP contribution in [0, 0.1) is 6.92 Å². The van der Waals surface area contributed by atoms with Gasteiger partial charge in [0.25, 0.3) is 11.8 Å². The summed E-state index contributed by atoms with van der Waals surface area (Å²) in [5, 5.41) is 6.39. The number of nitrogens with one attached hydrogen (secondary N) is 3. The number of carbonyl (C=O) groups is 2. The molecule has 0 bridgehead atoms. The Hall–Kier alpha value is -2.02. The highest BCUT2D eigenvalue weighted by Gasteiger charge is 2.16. The number of amides is 2. The molecule has 0 heterocycles. The predicted octanol–water partition coefficient (Wildman–Crippen LogP) is 2.46. The van der Waals surface area contributed by atoms with Gasteiger partial charge in [-0.15, -0.1) is 11.8 Å². The highest BCUT2D eigenvalue weighted by Crippen LogP contribution is 2.24. The van der Waals surface area contributed by atoms with Gasteiger partial charge in [-0.25, -0.2) is 0 Å². The number of halogens is 1. The van der Waals surface area contributed by atoms with E-state index in [0.717, 1.165) is 26.7 Å². The van der Waals surface area contributed by atoms with Gasteiger partial charge in [0, 0.05) is 15.6 Å². The van der Waals surface area contributed by atoms with Crippen LogP contribution < -0.4 is 15.5 Å². The molecule has 0 saturated carbocycles. The number of thioether (sulfide) groups is 1. The number of likely N-dealkylation sites (N-methyl/N-ethyl adjacent to an activating group) is 1. The van der Waals surface area contributed by atoms with Crippen LogP contribution in [0.3, 0.4) is 0 Å². The number of anilines is 2. The molecule has 3 N–H and O–H groups in total. The third-order valence-electron chi connectivity index (χ3n) is 3.77. The Bertz CT molecular complexity index is 798. The van der Waals surface area contributed by atoms with Crippen molar-refractivity contribution in [2.24, 2.45) is 0 Å². The second-order valence-electron chi connectivity index (χ2n) is 6.07. The Kier molecular flexibility index (Phi) is 7.50. The summed E-state index contributed by atoms with van der Waals surface area (Å²) in [6.45, 7) is 2.28. The number of hydrogen-bond donors (Lipinski definition) is 3. The molecule has 0 saturated heterocycles. The smallest absolute Gasteiger partial charge is 0.279 e. The van der Waals surface area contributed by atoms with Crippen molar-refractivity contribution in [1.29, 1.82) is 0 Å². The second-order valence-corrected chi connectivity index (χ2v) is 7.35. The average Bonchev–Trinajstić information content (AvgIpc) is 2.57. The van der Waals surface area contributed by atoms with E-state index in [1.165, 1.54) is 0 Å². The van der Waals surface area contributed by atoms with E-state index in [1.807, 2.05) is 44.5 Å². The van der Waals surface area contributed by atoms with Gasteiger partial charge in [-0.2, -0.15) is 0 Å². The van der Waals surface area contributed by atoms with Crippen LogP contribution in [0.5, 0.6) is 0 Å². The largest absolute Gasteiger partial charge is 0.322 e. The quantitative estimate of drug-likeness (QED) is 0.634. The van der Waals surface area contributed by atoms with Gasteiger partial charge in [0.2, 0.25) is 0 Å². The fraction of sp³-hybridized carbons (Fsp3) is 0.263. The van der Waals surface area contributed by atoms with Gasteiger partial charge in [0.15, 0.2) is 13.1 Å². The summed E-state index contributed by atoms with van der Waals surface area (Å²) in [5.41, 5.74) is 2.42. The summed E-state index contributed by atoms with van der Waals surface area (Å²) in [4.78, 5) is 26.2. The Labute approximate surface area is 163 Å². The van der Waals surface area contributed by atoms with Crippen molar-refractivity contribution in [1.82, 2.24) is 0 Å². The molecular formula is C19H23ClN3O2S+. The van der Waals surface area contributed by atoms with E-state index in [0.29, 0.717) is 5.02 Å². The van der Waals surface area contributed by atoms with Crippen molar-refractivity contribution in [2.75, 3.05) is 37.0 Å². The third-order valence-corrected chi connectivity index (χ3v) is 4.80. The lowest BCUT2D eigenvalue weighted by Crippen LogP contribution is -3.11. The summed E-state index contributed by atoms with van der Waals surface area (Å²) >= 11 is 7.50. The number of para-hydroxylation sites is 1. The van der Waals surface area contributed by atoms with E-state index in [9.17, 15) is 9.59 Å². The SMILES string of the molecule is CSc1ccccc1NC(=O)C[NH+](C)CC(=O)Nc1ccc(Cl)cc1C. The Morgan fingerprint density at radius 3 is 2.27 bits per heavy atom. The van der Waals surface area contributed by atoms with E-state index in [1.54, 1.807) is 30.0 Å². The first-order chi connectivity index (χ1) is 12.4. The van der Waals surface area contributed by atoms with Gasteiger partial charge in [0.05, 0.1) is 12.7 Å². The maximum Gasteiger partial charge on any atom is 0.279 e. The molecule has 138 valence electrons. The zero-order valence-electron chi connectivity index (χ0n) is 15.1. The Morgan fingerprint density at radius 2 is 1.65 bits per heavy atom. The molecule has 0 aliphatic rings. The summed E-state index contributed by atoms with van der Waals surface area (Å²) in [6, 6.07) is 12.9. The van der Waals surface area contributed by atoms with Crippen molar-refractivity contribution < 1.29 is 14.5 Å². The zero-order chi connectivity index (χ0) is 19.1. The molecule has 0 aliphatic carbocycles. The molecule has 2 amide bonds. The Balaban J connectivity index is 1.86. The lowest BCUT2D eigenvalue weighted by atomic mass is 10.2. The van der Waals surface area contributed by atoms with Crippen molar-refractivity contribution >= 4 is 46.6 Å². The molecule has 2 aromatic rings. The first kappa shape index (κ1) is 20.3. The second kappa shape index (κ2) is 9.62. The summed E-state index contributed by atoms with van der Waals surface area (Å²) in [5.74, 6) is -0.273.